The zero-order valence-corrected chi connectivity index (χ0v) is 19.1. The Kier molecular flexibility index (Phi) is 6.71. The third kappa shape index (κ3) is 5.04. The Hall–Kier alpha value is -3.30. The topological polar surface area (TPSA) is 82.6 Å². The van der Waals surface area contributed by atoms with Gasteiger partial charge in [0.05, 0.1) is 10.5 Å². The van der Waals surface area contributed by atoms with E-state index >= 15 is 0 Å². The third-order valence-electron chi connectivity index (χ3n) is 5.65. The number of halogens is 1. The van der Waals surface area contributed by atoms with Gasteiger partial charge in [0.15, 0.2) is 0 Å². The molecule has 1 aromatic heterocycles. The van der Waals surface area contributed by atoms with Crippen LogP contribution in [0.1, 0.15) is 22.8 Å². The second-order valence-electron chi connectivity index (χ2n) is 7.73. The minimum absolute atomic E-state index is 0.110. The quantitative estimate of drug-likeness (QED) is 0.598. The summed E-state index contributed by atoms with van der Waals surface area (Å²) in [5.41, 5.74) is 1.30. The third-order valence-corrected chi connectivity index (χ3v) is 7.55. The Bertz CT molecular complexity index is 1230. The van der Waals surface area contributed by atoms with Gasteiger partial charge in [0.25, 0.3) is 5.91 Å². The van der Waals surface area contributed by atoms with Gasteiger partial charge in [0.1, 0.15) is 11.6 Å². The molecule has 1 fully saturated rings. The minimum atomic E-state index is -3.88. The summed E-state index contributed by atoms with van der Waals surface area (Å²) in [6.07, 6.45) is 2.56. The Labute approximate surface area is 192 Å². The van der Waals surface area contributed by atoms with Crippen molar-refractivity contribution >= 4 is 27.4 Å². The van der Waals surface area contributed by atoms with Gasteiger partial charge in [0, 0.05) is 38.1 Å². The summed E-state index contributed by atoms with van der Waals surface area (Å²) in [5, 5.41) is 2.63. The highest BCUT2D eigenvalue weighted by Crippen LogP contribution is 2.23. The lowest BCUT2D eigenvalue weighted by atomic mass is 10.1. The summed E-state index contributed by atoms with van der Waals surface area (Å²) < 4.78 is 42.1. The van der Waals surface area contributed by atoms with Crippen molar-refractivity contribution in [2.75, 3.05) is 36.4 Å². The maximum atomic E-state index is 14.4. The number of anilines is 2. The van der Waals surface area contributed by atoms with Gasteiger partial charge in [0.2, 0.25) is 10.0 Å². The molecular formula is C24H25FN4O3S. The first-order valence-electron chi connectivity index (χ1n) is 10.7. The molecule has 1 aliphatic heterocycles. The lowest BCUT2D eigenvalue weighted by molar-refractivity contribution is 0.102. The molecular weight excluding hydrogens is 443 g/mol. The number of hydrogen-bond donors (Lipinski definition) is 1. The van der Waals surface area contributed by atoms with Crippen molar-refractivity contribution in [3.8, 4) is 0 Å². The first-order valence-corrected chi connectivity index (χ1v) is 12.2. The molecule has 1 aliphatic rings. The summed E-state index contributed by atoms with van der Waals surface area (Å²) in [7, 11) is -3.88. The molecule has 0 saturated carbocycles. The van der Waals surface area contributed by atoms with Gasteiger partial charge in [-0.2, -0.15) is 4.31 Å². The van der Waals surface area contributed by atoms with Crippen molar-refractivity contribution in [2.24, 2.45) is 0 Å². The zero-order valence-electron chi connectivity index (χ0n) is 18.2. The van der Waals surface area contributed by atoms with Gasteiger partial charge < -0.3 is 10.2 Å². The molecule has 0 atom stereocenters. The summed E-state index contributed by atoms with van der Waals surface area (Å²) in [6.45, 7) is 3.52. The molecule has 9 heteroatoms. The number of amides is 1. The molecule has 3 aromatic rings. The average Bonchev–Trinajstić information content (AvgIpc) is 2.85. The van der Waals surface area contributed by atoms with Crippen molar-refractivity contribution in [2.45, 2.75) is 18.2 Å². The normalized spacial score (nSPS) is 14.8. The number of sulfonamides is 1. The summed E-state index contributed by atoms with van der Waals surface area (Å²) in [4.78, 5) is 18.9. The van der Waals surface area contributed by atoms with Crippen molar-refractivity contribution in [1.29, 1.82) is 0 Å². The van der Waals surface area contributed by atoms with E-state index in [-0.39, 0.29) is 23.5 Å². The summed E-state index contributed by atoms with van der Waals surface area (Å²) >= 11 is 0. The standard InChI is InChI=1S/C24H25FN4O3S/c1-2-18-6-8-19(9-7-18)27-24(30)21-17-20(10-11-22(21)25)33(31,32)29-15-13-28(14-16-29)23-5-3-4-12-26-23/h3-12,17H,2,13-16H2,1H3,(H,27,30). The Morgan fingerprint density at radius 1 is 1.03 bits per heavy atom. The van der Waals surface area contributed by atoms with Crippen LogP contribution in [0.4, 0.5) is 15.9 Å². The second kappa shape index (κ2) is 9.68. The van der Waals surface area contributed by atoms with Gasteiger partial charge in [-0.25, -0.2) is 17.8 Å². The van der Waals surface area contributed by atoms with Crippen LogP contribution in [0.15, 0.2) is 71.8 Å². The summed E-state index contributed by atoms with van der Waals surface area (Å²) in [6, 6.07) is 16.1. The van der Waals surface area contributed by atoms with Gasteiger partial charge in [-0.05, 0) is 54.4 Å². The SMILES string of the molecule is CCc1ccc(NC(=O)c2cc(S(=O)(=O)N3CCN(c4ccccn4)CC3)ccc2F)cc1. The fraction of sp³-hybridized carbons (Fsp3) is 0.250. The first-order chi connectivity index (χ1) is 15.9. The van der Waals surface area contributed by atoms with Crippen LogP contribution in [0.2, 0.25) is 0 Å². The highest BCUT2D eigenvalue weighted by molar-refractivity contribution is 7.89. The first kappa shape index (κ1) is 22.9. The number of nitrogens with one attached hydrogen (secondary N) is 1. The number of aryl methyl sites for hydroxylation is 1. The molecule has 172 valence electrons. The molecule has 4 rings (SSSR count). The molecule has 1 amide bonds. The highest BCUT2D eigenvalue weighted by atomic mass is 32.2. The molecule has 0 aliphatic carbocycles. The van der Waals surface area contributed by atoms with Crippen LogP contribution in [0, 0.1) is 5.82 Å². The molecule has 1 saturated heterocycles. The van der Waals surface area contributed by atoms with Crippen molar-refractivity contribution in [1.82, 2.24) is 9.29 Å². The molecule has 33 heavy (non-hydrogen) atoms. The highest BCUT2D eigenvalue weighted by Gasteiger charge is 2.30. The monoisotopic (exact) mass is 468 g/mol. The Balaban J connectivity index is 1.49. The molecule has 0 spiro atoms. The van der Waals surface area contributed by atoms with Crippen LogP contribution >= 0.6 is 0 Å². The number of carbonyl (C=O) groups excluding carboxylic acids is 1. The number of carbonyl (C=O) groups is 1. The van der Waals surface area contributed by atoms with Crippen LogP contribution in [0.5, 0.6) is 0 Å². The lowest BCUT2D eigenvalue weighted by Gasteiger charge is -2.34. The fourth-order valence-corrected chi connectivity index (χ4v) is 5.16. The zero-order chi connectivity index (χ0) is 23.4. The number of nitrogens with zero attached hydrogens (tertiary/aromatic N) is 3. The number of hydrogen-bond acceptors (Lipinski definition) is 5. The minimum Gasteiger partial charge on any atom is -0.354 e. The van der Waals surface area contributed by atoms with Gasteiger partial charge in [-0.15, -0.1) is 0 Å². The van der Waals surface area contributed by atoms with E-state index in [0.29, 0.717) is 18.8 Å². The van der Waals surface area contributed by atoms with Crippen molar-refractivity contribution in [3.05, 3.63) is 83.8 Å². The predicted octanol–water partition coefficient (Wildman–Crippen LogP) is 3.55. The van der Waals surface area contributed by atoms with E-state index in [1.165, 1.54) is 10.4 Å². The van der Waals surface area contributed by atoms with E-state index in [2.05, 4.69) is 10.3 Å². The van der Waals surface area contributed by atoms with Crippen LogP contribution < -0.4 is 10.2 Å². The average molecular weight is 469 g/mol. The largest absolute Gasteiger partial charge is 0.354 e. The molecule has 1 N–H and O–H groups in total. The van der Waals surface area contributed by atoms with Crippen LogP contribution in [0.25, 0.3) is 0 Å². The molecule has 0 bridgehead atoms. The van der Waals surface area contributed by atoms with E-state index in [1.54, 1.807) is 18.3 Å². The van der Waals surface area contributed by atoms with E-state index in [9.17, 15) is 17.6 Å². The predicted molar refractivity (Wildman–Crippen MR) is 125 cm³/mol. The molecule has 0 radical (unpaired) electrons. The number of benzene rings is 2. The number of aromatic nitrogens is 1. The van der Waals surface area contributed by atoms with Gasteiger partial charge in [-0.3, -0.25) is 4.79 Å². The van der Waals surface area contributed by atoms with Crippen molar-refractivity contribution < 1.29 is 17.6 Å². The second-order valence-corrected chi connectivity index (χ2v) is 9.66. The van der Waals surface area contributed by atoms with E-state index in [4.69, 9.17) is 0 Å². The van der Waals surface area contributed by atoms with E-state index in [0.717, 1.165) is 29.9 Å². The number of piperazine rings is 1. The number of pyridine rings is 1. The van der Waals surface area contributed by atoms with E-state index in [1.807, 2.05) is 42.2 Å². The fourth-order valence-electron chi connectivity index (χ4n) is 3.71. The van der Waals surface area contributed by atoms with Crippen LogP contribution in [-0.4, -0.2) is 49.8 Å². The smallest absolute Gasteiger partial charge is 0.258 e. The lowest BCUT2D eigenvalue weighted by Crippen LogP contribution is -2.48. The summed E-state index contributed by atoms with van der Waals surface area (Å²) in [5.74, 6) is -0.687. The van der Waals surface area contributed by atoms with Crippen molar-refractivity contribution in [3.63, 3.8) is 0 Å². The molecule has 2 heterocycles. The molecule has 0 unspecified atom stereocenters. The Morgan fingerprint density at radius 3 is 2.39 bits per heavy atom. The Morgan fingerprint density at radius 2 is 1.76 bits per heavy atom. The molecule has 7 nitrogen and oxygen atoms in total. The van der Waals surface area contributed by atoms with E-state index < -0.39 is 21.7 Å². The van der Waals surface area contributed by atoms with Crippen LogP contribution in [0.3, 0.4) is 0 Å². The van der Waals surface area contributed by atoms with Gasteiger partial charge >= 0.3 is 0 Å². The maximum absolute atomic E-state index is 14.4. The van der Waals surface area contributed by atoms with Crippen LogP contribution in [-0.2, 0) is 16.4 Å². The number of rotatable bonds is 6. The molecule has 2 aromatic carbocycles. The maximum Gasteiger partial charge on any atom is 0.258 e. The van der Waals surface area contributed by atoms with Gasteiger partial charge in [-0.1, -0.05) is 25.1 Å².